The molecule has 0 unspecified atom stereocenters. The van der Waals surface area contributed by atoms with Gasteiger partial charge in [0, 0.05) is 0 Å². The molecule has 0 saturated heterocycles. The zero-order valence-electron chi connectivity index (χ0n) is 7.25. The lowest BCUT2D eigenvalue weighted by Crippen LogP contribution is -2.20. The van der Waals surface area contributed by atoms with Gasteiger partial charge in [0.15, 0.2) is 0 Å². The minimum atomic E-state index is -2.96. The predicted octanol–water partition coefficient (Wildman–Crippen LogP) is 2.87. The highest BCUT2D eigenvalue weighted by Crippen LogP contribution is 2.34. The van der Waals surface area contributed by atoms with Crippen molar-refractivity contribution >= 4 is 24.0 Å². The monoisotopic (exact) mass is 261 g/mol. The summed E-state index contributed by atoms with van der Waals surface area (Å²) < 4.78 is 37.3. The molecule has 7 heteroatoms. The Morgan fingerprint density at radius 3 is 2.33 bits per heavy atom. The third-order valence-corrected chi connectivity index (χ3v) is 2.02. The lowest BCUT2D eigenvalue weighted by Gasteiger charge is -2.14. The Balaban J connectivity index is 0.00000196. The first kappa shape index (κ1) is 14.3. The van der Waals surface area contributed by atoms with Gasteiger partial charge in [-0.25, -0.2) is 13.2 Å². The molecule has 2 nitrogen and oxygen atoms in total. The number of rotatable bonds is 2. The van der Waals surface area contributed by atoms with Crippen LogP contribution in [-0.2, 0) is 0 Å². The van der Waals surface area contributed by atoms with Crippen molar-refractivity contribution in [1.29, 1.82) is 0 Å². The maximum atomic E-state index is 13.0. The highest BCUT2D eigenvalue weighted by molar-refractivity contribution is 6.32. The van der Waals surface area contributed by atoms with Gasteiger partial charge in [-0.15, -0.1) is 12.4 Å². The summed E-state index contributed by atoms with van der Waals surface area (Å²) >= 11 is 5.42. The number of alkyl halides is 2. The number of hydrogen-bond acceptors (Lipinski definition) is 2. The van der Waals surface area contributed by atoms with Crippen LogP contribution in [0.1, 0.15) is 11.6 Å². The van der Waals surface area contributed by atoms with Crippen molar-refractivity contribution in [2.45, 2.75) is 12.5 Å². The van der Waals surface area contributed by atoms with E-state index in [9.17, 15) is 18.3 Å². The fourth-order valence-corrected chi connectivity index (χ4v) is 1.16. The second-order valence-corrected chi connectivity index (χ2v) is 3.06. The molecule has 1 rings (SSSR count). The molecule has 0 spiro atoms. The van der Waals surface area contributed by atoms with Crippen LogP contribution in [0.3, 0.4) is 0 Å². The fourth-order valence-electron chi connectivity index (χ4n) is 1.000. The van der Waals surface area contributed by atoms with Gasteiger partial charge < -0.3 is 10.8 Å². The Morgan fingerprint density at radius 2 is 1.87 bits per heavy atom. The van der Waals surface area contributed by atoms with Crippen molar-refractivity contribution in [3.8, 4) is 5.75 Å². The third kappa shape index (κ3) is 2.90. The molecule has 3 N–H and O–H groups in total. The number of halogens is 5. The minimum Gasteiger partial charge on any atom is -0.506 e. The Hall–Kier alpha value is -0.650. The van der Waals surface area contributed by atoms with Crippen molar-refractivity contribution < 1.29 is 18.3 Å². The number of aromatic hydroxyl groups is 1. The molecular weight excluding hydrogens is 254 g/mol. The molecule has 0 amide bonds. The molecule has 1 aromatic rings. The molecular formula is C8H8Cl2F3NO. The van der Waals surface area contributed by atoms with Gasteiger partial charge in [0.1, 0.15) is 11.6 Å². The molecule has 1 atom stereocenters. The van der Waals surface area contributed by atoms with E-state index in [-0.39, 0.29) is 17.4 Å². The van der Waals surface area contributed by atoms with E-state index in [0.717, 1.165) is 12.1 Å². The van der Waals surface area contributed by atoms with Gasteiger partial charge in [-0.3, -0.25) is 0 Å². The maximum absolute atomic E-state index is 13.0. The SMILES string of the molecule is Cl.N[C@@H](c1c(F)ccc(Cl)c1O)C(F)F. The Labute approximate surface area is 95.2 Å². The molecule has 0 aliphatic carbocycles. The van der Waals surface area contributed by atoms with E-state index < -0.39 is 29.6 Å². The molecule has 0 bridgehead atoms. The fraction of sp³-hybridized carbons (Fsp3) is 0.250. The third-order valence-electron chi connectivity index (χ3n) is 1.72. The van der Waals surface area contributed by atoms with Gasteiger partial charge in [0.2, 0.25) is 0 Å². The van der Waals surface area contributed by atoms with Gasteiger partial charge in [-0.2, -0.15) is 0 Å². The first-order valence-electron chi connectivity index (χ1n) is 3.65. The first-order valence-corrected chi connectivity index (χ1v) is 4.03. The quantitative estimate of drug-likeness (QED) is 0.860. The molecule has 15 heavy (non-hydrogen) atoms. The van der Waals surface area contributed by atoms with E-state index in [1.165, 1.54) is 0 Å². The molecule has 0 aromatic heterocycles. The molecule has 0 aliphatic heterocycles. The molecule has 1 aromatic carbocycles. The number of phenols is 1. The smallest absolute Gasteiger partial charge is 0.257 e. The normalized spacial score (nSPS) is 12.4. The number of nitrogens with two attached hydrogens (primary N) is 1. The number of hydrogen-bond donors (Lipinski definition) is 2. The molecule has 0 saturated carbocycles. The first-order chi connectivity index (χ1) is 6.45. The van der Waals surface area contributed by atoms with Crippen LogP contribution in [0.15, 0.2) is 12.1 Å². The summed E-state index contributed by atoms with van der Waals surface area (Å²) in [5.41, 5.74) is 4.34. The second kappa shape index (κ2) is 5.44. The van der Waals surface area contributed by atoms with Crippen LogP contribution in [0.5, 0.6) is 5.75 Å². The van der Waals surface area contributed by atoms with Gasteiger partial charge in [-0.1, -0.05) is 11.6 Å². The Bertz CT molecular complexity index is 349. The molecule has 0 aliphatic rings. The van der Waals surface area contributed by atoms with Crippen LogP contribution in [0.2, 0.25) is 5.02 Å². The minimum absolute atomic E-state index is 0. The molecule has 0 fully saturated rings. The summed E-state index contributed by atoms with van der Waals surface area (Å²) in [5.74, 6) is -1.74. The molecule has 86 valence electrons. The standard InChI is InChI=1S/C8H7ClF3NO.ClH/c9-3-1-2-4(10)5(7(3)14)6(13)8(11)12;/h1-2,6,8,14H,13H2;1H/t6-;/m0./s1. The highest BCUT2D eigenvalue weighted by atomic mass is 35.5. The van der Waals surface area contributed by atoms with Crippen molar-refractivity contribution in [3.05, 3.63) is 28.5 Å². The summed E-state index contributed by atoms with van der Waals surface area (Å²) in [7, 11) is 0. The van der Waals surface area contributed by atoms with E-state index in [1.54, 1.807) is 0 Å². The maximum Gasteiger partial charge on any atom is 0.257 e. The second-order valence-electron chi connectivity index (χ2n) is 2.65. The summed E-state index contributed by atoms with van der Waals surface area (Å²) in [5, 5.41) is 9.00. The summed E-state index contributed by atoms with van der Waals surface area (Å²) in [4.78, 5) is 0. The van der Waals surface area contributed by atoms with Crippen molar-refractivity contribution in [3.63, 3.8) is 0 Å². The lowest BCUT2D eigenvalue weighted by molar-refractivity contribution is 0.113. The molecule has 0 heterocycles. The van der Waals surface area contributed by atoms with E-state index in [4.69, 9.17) is 17.3 Å². The van der Waals surface area contributed by atoms with E-state index in [0.29, 0.717) is 0 Å². The zero-order valence-corrected chi connectivity index (χ0v) is 8.83. The predicted molar refractivity (Wildman–Crippen MR) is 53.3 cm³/mol. The van der Waals surface area contributed by atoms with Crippen molar-refractivity contribution in [2.75, 3.05) is 0 Å². The van der Waals surface area contributed by atoms with Gasteiger partial charge in [0.05, 0.1) is 16.6 Å². The number of phenolic OH excluding ortho intramolecular Hbond substituents is 1. The lowest BCUT2D eigenvalue weighted by atomic mass is 10.1. The van der Waals surface area contributed by atoms with Crippen LogP contribution >= 0.6 is 24.0 Å². The van der Waals surface area contributed by atoms with Gasteiger partial charge in [0.25, 0.3) is 6.43 Å². The van der Waals surface area contributed by atoms with Crippen LogP contribution in [-0.4, -0.2) is 11.5 Å². The Morgan fingerprint density at radius 1 is 1.33 bits per heavy atom. The van der Waals surface area contributed by atoms with Crippen molar-refractivity contribution in [2.24, 2.45) is 5.73 Å². The van der Waals surface area contributed by atoms with E-state index in [2.05, 4.69) is 0 Å². The zero-order chi connectivity index (χ0) is 10.9. The van der Waals surface area contributed by atoms with E-state index >= 15 is 0 Å². The number of benzene rings is 1. The van der Waals surface area contributed by atoms with Crippen LogP contribution in [0.4, 0.5) is 13.2 Å². The Kier molecular flexibility index (Phi) is 5.20. The topological polar surface area (TPSA) is 46.2 Å². The summed E-state index contributed by atoms with van der Waals surface area (Å²) in [6, 6.07) is 0.0572. The van der Waals surface area contributed by atoms with Gasteiger partial charge in [-0.05, 0) is 12.1 Å². The average Bonchev–Trinajstić information content (AvgIpc) is 2.12. The van der Waals surface area contributed by atoms with E-state index in [1.807, 2.05) is 0 Å². The highest BCUT2D eigenvalue weighted by Gasteiger charge is 2.25. The average molecular weight is 262 g/mol. The van der Waals surface area contributed by atoms with Crippen LogP contribution < -0.4 is 5.73 Å². The summed E-state index contributed by atoms with van der Waals surface area (Å²) in [6.07, 6.45) is -2.96. The van der Waals surface area contributed by atoms with Crippen LogP contribution in [0, 0.1) is 5.82 Å². The van der Waals surface area contributed by atoms with Crippen LogP contribution in [0.25, 0.3) is 0 Å². The van der Waals surface area contributed by atoms with Gasteiger partial charge >= 0.3 is 0 Å². The van der Waals surface area contributed by atoms with Crippen molar-refractivity contribution in [1.82, 2.24) is 0 Å². The largest absolute Gasteiger partial charge is 0.506 e. The summed E-state index contributed by atoms with van der Waals surface area (Å²) in [6.45, 7) is 0. The molecule has 0 radical (unpaired) electrons.